The largest absolute Gasteiger partial charge is 0.475 e. The van der Waals surface area contributed by atoms with E-state index in [1.165, 1.54) is 0 Å². The van der Waals surface area contributed by atoms with Gasteiger partial charge in [-0.05, 0) is 24.3 Å². The first kappa shape index (κ1) is 17.6. The van der Waals surface area contributed by atoms with Crippen LogP contribution in [0.4, 0.5) is 22.0 Å². The molecule has 12 heteroatoms. The first-order chi connectivity index (χ1) is 9.18. The number of halogens is 5. The summed E-state index contributed by atoms with van der Waals surface area (Å²) in [7, 11) is -9.97. The van der Waals surface area contributed by atoms with Gasteiger partial charge >= 0.3 is 21.5 Å². The molecule has 0 radical (unpaired) electrons. The van der Waals surface area contributed by atoms with E-state index in [0.717, 1.165) is 18.4 Å². The Hall–Kier alpha value is -1.43. The van der Waals surface area contributed by atoms with Gasteiger partial charge in [-0.1, -0.05) is 0 Å². The third kappa shape index (κ3) is 3.61. The number of sulfone groups is 1. The molecular weight excluding hydrogens is 347 g/mol. The summed E-state index contributed by atoms with van der Waals surface area (Å²) >= 11 is 0. The van der Waals surface area contributed by atoms with Crippen molar-refractivity contribution >= 4 is 20.0 Å². The second kappa shape index (κ2) is 5.09. The molecule has 0 amide bonds. The fraction of sp³-hybridized carbons (Fsp3) is 0.333. The summed E-state index contributed by atoms with van der Waals surface area (Å²) in [6, 6.07) is 2.87. The van der Waals surface area contributed by atoms with E-state index in [-0.39, 0.29) is 4.90 Å². The third-order valence-corrected chi connectivity index (χ3v) is 4.50. The first-order valence-corrected chi connectivity index (χ1v) is 8.17. The fourth-order valence-corrected chi connectivity index (χ4v) is 2.45. The molecule has 0 aliphatic heterocycles. The average molecular weight is 354 g/mol. The molecule has 120 valence electrons. The van der Waals surface area contributed by atoms with Crippen molar-refractivity contribution in [3.05, 3.63) is 24.3 Å². The Morgan fingerprint density at radius 3 is 1.67 bits per heavy atom. The second-order valence-electron chi connectivity index (χ2n) is 3.80. The molecule has 0 atom stereocenters. The van der Waals surface area contributed by atoms with E-state index in [1.807, 2.05) is 0 Å². The average Bonchev–Trinajstić information content (AvgIpc) is 2.26. The Morgan fingerprint density at radius 1 is 0.905 bits per heavy atom. The van der Waals surface area contributed by atoms with E-state index in [4.69, 9.17) is 0 Å². The lowest BCUT2D eigenvalue weighted by Crippen LogP contribution is -2.46. The van der Waals surface area contributed by atoms with E-state index in [2.05, 4.69) is 4.18 Å². The van der Waals surface area contributed by atoms with Gasteiger partial charge in [0.1, 0.15) is 5.75 Å². The van der Waals surface area contributed by atoms with Gasteiger partial charge in [0, 0.05) is 6.26 Å². The number of rotatable bonds is 4. The van der Waals surface area contributed by atoms with Crippen LogP contribution in [-0.2, 0) is 20.0 Å². The topological polar surface area (TPSA) is 77.5 Å². The van der Waals surface area contributed by atoms with Gasteiger partial charge in [0.25, 0.3) is 0 Å². The van der Waals surface area contributed by atoms with Crippen LogP contribution in [0.25, 0.3) is 0 Å². The number of hydrogen-bond acceptors (Lipinski definition) is 5. The summed E-state index contributed by atoms with van der Waals surface area (Å²) in [5, 5.41) is -6.10. The maximum atomic E-state index is 12.7. The van der Waals surface area contributed by atoms with Crippen LogP contribution < -0.4 is 4.18 Å². The van der Waals surface area contributed by atoms with E-state index in [9.17, 15) is 38.8 Å². The van der Waals surface area contributed by atoms with Crippen LogP contribution >= 0.6 is 0 Å². The molecular formula is C9H7F5O5S2. The van der Waals surface area contributed by atoms with Gasteiger partial charge in [0.2, 0.25) is 0 Å². The third-order valence-electron chi connectivity index (χ3n) is 2.10. The molecule has 1 aromatic rings. The van der Waals surface area contributed by atoms with Crippen LogP contribution in [0.2, 0.25) is 0 Å². The summed E-state index contributed by atoms with van der Waals surface area (Å²) in [4.78, 5) is -0.296. The normalized spacial score (nSPS) is 14.0. The minimum absolute atomic E-state index is 0.296. The van der Waals surface area contributed by atoms with E-state index in [0.29, 0.717) is 12.1 Å². The molecule has 0 aliphatic carbocycles. The number of benzene rings is 1. The molecule has 0 fully saturated rings. The van der Waals surface area contributed by atoms with Crippen LogP contribution in [0.15, 0.2) is 29.2 Å². The Labute approximate surface area is 116 Å². The SMILES string of the molecule is CS(=O)(=O)c1ccc(OS(=O)(=O)C(F)(F)C(F)(F)F)cc1. The lowest BCUT2D eigenvalue weighted by molar-refractivity contribution is -0.243. The van der Waals surface area contributed by atoms with Crippen molar-refractivity contribution in [1.29, 1.82) is 0 Å². The molecule has 0 N–H and O–H groups in total. The highest BCUT2D eigenvalue weighted by Gasteiger charge is 2.69. The predicted octanol–water partition coefficient (Wildman–Crippen LogP) is 1.95. The van der Waals surface area contributed by atoms with E-state index >= 15 is 0 Å². The van der Waals surface area contributed by atoms with Gasteiger partial charge < -0.3 is 4.18 Å². The molecule has 1 aromatic carbocycles. The van der Waals surface area contributed by atoms with Gasteiger partial charge in [0.15, 0.2) is 9.84 Å². The lowest BCUT2D eigenvalue weighted by Gasteiger charge is -2.19. The maximum absolute atomic E-state index is 12.7. The van der Waals surface area contributed by atoms with Crippen molar-refractivity contribution in [3.63, 3.8) is 0 Å². The molecule has 0 saturated heterocycles. The highest BCUT2D eigenvalue weighted by Crippen LogP contribution is 2.40. The molecule has 0 heterocycles. The predicted molar refractivity (Wildman–Crippen MR) is 60.1 cm³/mol. The van der Waals surface area contributed by atoms with Crippen molar-refractivity contribution in [2.24, 2.45) is 0 Å². The Morgan fingerprint density at radius 2 is 1.33 bits per heavy atom. The summed E-state index contributed by atoms with van der Waals surface area (Å²) in [6.45, 7) is 0. The van der Waals surface area contributed by atoms with Gasteiger partial charge in [-0.25, -0.2) is 8.42 Å². The summed E-state index contributed by atoms with van der Waals surface area (Å²) in [5.74, 6) is -0.883. The highest BCUT2D eigenvalue weighted by atomic mass is 32.2. The standard InChI is InChI=1S/C9H7F5O5S2/c1-20(15,16)7-4-2-6(3-5-7)19-21(17,18)9(13,14)8(10,11)12/h2-5H,1H3. The van der Waals surface area contributed by atoms with Gasteiger partial charge in [-0.2, -0.15) is 30.4 Å². The number of hydrogen-bond donors (Lipinski definition) is 0. The van der Waals surface area contributed by atoms with Crippen LogP contribution in [0.1, 0.15) is 0 Å². The second-order valence-corrected chi connectivity index (χ2v) is 7.40. The molecule has 0 unspecified atom stereocenters. The molecule has 5 nitrogen and oxygen atoms in total. The minimum atomic E-state index is -6.35. The van der Waals surface area contributed by atoms with Crippen molar-refractivity contribution in [2.75, 3.05) is 6.26 Å². The number of alkyl halides is 5. The lowest BCUT2D eigenvalue weighted by atomic mass is 10.3. The monoisotopic (exact) mass is 354 g/mol. The molecule has 0 bridgehead atoms. The molecule has 1 rings (SSSR count). The zero-order valence-electron chi connectivity index (χ0n) is 10.1. The summed E-state index contributed by atoms with van der Waals surface area (Å²) in [5.41, 5.74) is 0. The Bertz CT molecular complexity index is 719. The van der Waals surface area contributed by atoms with Gasteiger partial charge in [-0.3, -0.25) is 0 Å². The maximum Gasteiger partial charge on any atom is 0.475 e. The molecule has 0 aliphatic rings. The van der Waals surface area contributed by atoms with Crippen LogP contribution in [0, 0.1) is 0 Å². The van der Waals surface area contributed by atoms with Gasteiger partial charge in [0.05, 0.1) is 4.90 Å². The summed E-state index contributed by atoms with van der Waals surface area (Å²) in [6.07, 6.45) is -5.53. The van der Waals surface area contributed by atoms with Crippen molar-refractivity contribution in [1.82, 2.24) is 0 Å². The minimum Gasteiger partial charge on any atom is -0.378 e. The van der Waals surface area contributed by atoms with E-state index < -0.39 is 37.1 Å². The van der Waals surface area contributed by atoms with Crippen LogP contribution in [-0.4, -0.2) is 34.5 Å². The van der Waals surface area contributed by atoms with Gasteiger partial charge in [-0.15, -0.1) is 0 Å². The zero-order chi connectivity index (χ0) is 16.7. The fourth-order valence-electron chi connectivity index (χ4n) is 1.06. The van der Waals surface area contributed by atoms with Crippen LogP contribution in [0.3, 0.4) is 0 Å². The Kier molecular flexibility index (Phi) is 4.27. The quantitative estimate of drug-likeness (QED) is 0.610. The first-order valence-electron chi connectivity index (χ1n) is 4.87. The summed E-state index contributed by atoms with van der Waals surface area (Å²) < 4.78 is 109. The molecule has 0 aromatic heterocycles. The van der Waals surface area contributed by atoms with Crippen molar-refractivity contribution in [3.8, 4) is 5.75 Å². The van der Waals surface area contributed by atoms with Crippen molar-refractivity contribution in [2.45, 2.75) is 16.3 Å². The molecule has 0 saturated carbocycles. The molecule has 21 heavy (non-hydrogen) atoms. The van der Waals surface area contributed by atoms with Crippen molar-refractivity contribution < 1.29 is 43.0 Å². The smallest absolute Gasteiger partial charge is 0.378 e. The zero-order valence-corrected chi connectivity index (χ0v) is 11.7. The van der Waals surface area contributed by atoms with Crippen LogP contribution in [0.5, 0.6) is 5.75 Å². The highest BCUT2D eigenvalue weighted by molar-refractivity contribution is 7.90. The Balaban J connectivity index is 3.12. The molecule has 0 spiro atoms. The van der Waals surface area contributed by atoms with E-state index in [1.54, 1.807) is 0 Å².